The van der Waals surface area contributed by atoms with Gasteiger partial charge >= 0.3 is 0 Å². The molecule has 0 bridgehead atoms. The van der Waals surface area contributed by atoms with E-state index in [9.17, 15) is 0 Å². The molecule has 0 atom stereocenters. The van der Waals surface area contributed by atoms with Crippen molar-refractivity contribution in [1.82, 2.24) is 5.32 Å². The van der Waals surface area contributed by atoms with Crippen molar-refractivity contribution in [3.05, 3.63) is 64.7 Å². The van der Waals surface area contributed by atoms with Crippen LogP contribution in [0.3, 0.4) is 0 Å². The normalized spacial score (nSPS) is 10.4. The van der Waals surface area contributed by atoms with Gasteiger partial charge in [0.25, 0.3) is 0 Å². The van der Waals surface area contributed by atoms with Gasteiger partial charge in [0.1, 0.15) is 12.4 Å². The summed E-state index contributed by atoms with van der Waals surface area (Å²) < 4.78 is 5.70. The van der Waals surface area contributed by atoms with Crippen LogP contribution in [0.1, 0.15) is 18.1 Å². The first-order valence-electron chi connectivity index (χ1n) is 6.45. The Labute approximate surface area is 119 Å². The highest BCUT2D eigenvalue weighted by Crippen LogP contribution is 2.24. The van der Waals surface area contributed by atoms with Gasteiger partial charge in [0, 0.05) is 6.54 Å². The highest BCUT2D eigenvalue weighted by atomic mass is 35.5. The van der Waals surface area contributed by atoms with Gasteiger partial charge in [-0.05, 0) is 29.8 Å². The van der Waals surface area contributed by atoms with Crippen molar-refractivity contribution in [1.29, 1.82) is 0 Å². The molecule has 0 aliphatic carbocycles. The fourth-order valence-electron chi connectivity index (χ4n) is 1.75. The molecule has 0 heterocycles. The molecule has 2 nitrogen and oxygen atoms in total. The van der Waals surface area contributed by atoms with Crippen molar-refractivity contribution in [2.24, 2.45) is 0 Å². The maximum absolute atomic E-state index is 6.04. The van der Waals surface area contributed by atoms with Crippen molar-refractivity contribution >= 4 is 11.6 Å². The third kappa shape index (κ3) is 4.27. The topological polar surface area (TPSA) is 21.3 Å². The lowest BCUT2D eigenvalue weighted by Gasteiger charge is -2.08. The van der Waals surface area contributed by atoms with E-state index in [1.54, 1.807) is 0 Å². The molecule has 0 radical (unpaired) electrons. The van der Waals surface area contributed by atoms with Gasteiger partial charge < -0.3 is 10.1 Å². The number of halogens is 1. The highest BCUT2D eigenvalue weighted by molar-refractivity contribution is 6.32. The van der Waals surface area contributed by atoms with E-state index in [2.05, 4.69) is 36.5 Å². The zero-order valence-corrected chi connectivity index (χ0v) is 11.8. The van der Waals surface area contributed by atoms with Crippen LogP contribution < -0.4 is 10.1 Å². The molecule has 0 saturated carbocycles. The van der Waals surface area contributed by atoms with Gasteiger partial charge in [0.05, 0.1) is 5.02 Å². The van der Waals surface area contributed by atoms with Crippen molar-refractivity contribution in [3.8, 4) is 5.75 Å². The zero-order chi connectivity index (χ0) is 13.5. The predicted octanol–water partition coefficient (Wildman–Crippen LogP) is 4.03. The summed E-state index contributed by atoms with van der Waals surface area (Å²) in [5.74, 6) is 0.723. The number of hydrogen-bond acceptors (Lipinski definition) is 2. The quantitative estimate of drug-likeness (QED) is 0.859. The number of rotatable bonds is 6. The standard InChI is InChI=1S/C16H18ClNO/c1-2-18-11-13-7-9-14(10-8-13)12-19-16-6-4-3-5-15(16)17/h3-10,18H,2,11-12H2,1H3. The van der Waals surface area contributed by atoms with Gasteiger partial charge in [0.2, 0.25) is 0 Å². The zero-order valence-electron chi connectivity index (χ0n) is 11.0. The predicted molar refractivity (Wildman–Crippen MR) is 79.6 cm³/mol. The van der Waals surface area contributed by atoms with E-state index in [-0.39, 0.29) is 0 Å². The van der Waals surface area contributed by atoms with Gasteiger partial charge in [-0.3, -0.25) is 0 Å². The Kier molecular flexibility index (Phi) is 5.25. The molecule has 0 aliphatic heterocycles. The molecular formula is C16H18ClNO. The summed E-state index contributed by atoms with van der Waals surface area (Å²) in [5.41, 5.74) is 2.42. The molecule has 2 rings (SSSR count). The minimum absolute atomic E-state index is 0.533. The van der Waals surface area contributed by atoms with Crippen LogP contribution in [0.25, 0.3) is 0 Å². The molecule has 19 heavy (non-hydrogen) atoms. The largest absolute Gasteiger partial charge is 0.487 e. The molecule has 0 saturated heterocycles. The SMILES string of the molecule is CCNCc1ccc(COc2ccccc2Cl)cc1. The number of nitrogens with one attached hydrogen (secondary N) is 1. The summed E-state index contributed by atoms with van der Waals surface area (Å²) in [6, 6.07) is 15.9. The fourth-order valence-corrected chi connectivity index (χ4v) is 1.94. The lowest BCUT2D eigenvalue weighted by atomic mass is 10.1. The number of benzene rings is 2. The molecule has 0 spiro atoms. The summed E-state index contributed by atoms with van der Waals surface area (Å²) in [7, 11) is 0. The average molecular weight is 276 g/mol. The first kappa shape index (κ1) is 13.9. The molecule has 0 unspecified atom stereocenters. The average Bonchev–Trinajstić information content (AvgIpc) is 2.45. The van der Waals surface area contributed by atoms with Crippen LogP contribution in [0.5, 0.6) is 5.75 Å². The molecule has 0 fully saturated rings. The van der Waals surface area contributed by atoms with Crippen molar-refractivity contribution in [2.45, 2.75) is 20.1 Å². The number of ether oxygens (including phenoxy) is 1. The van der Waals surface area contributed by atoms with E-state index in [0.717, 1.165) is 24.4 Å². The van der Waals surface area contributed by atoms with E-state index in [1.807, 2.05) is 24.3 Å². The van der Waals surface area contributed by atoms with Gasteiger partial charge in [-0.2, -0.15) is 0 Å². The van der Waals surface area contributed by atoms with E-state index in [1.165, 1.54) is 5.56 Å². The van der Waals surface area contributed by atoms with Crippen LogP contribution in [-0.2, 0) is 13.2 Å². The third-order valence-corrected chi connectivity index (χ3v) is 3.15. The van der Waals surface area contributed by atoms with Crippen LogP contribution in [0.15, 0.2) is 48.5 Å². The first-order valence-corrected chi connectivity index (χ1v) is 6.83. The molecule has 2 aromatic rings. The Morgan fingerprint density at radius 1 is 1.00 bits per heavy atom. The first-order chi connectivity index (χ1) is 9.29. The summed E-state index contributed by atoms with van der Waals surface area (Å²) in [4.78, 5) is 0. The minimum Gasteiger partial charge on any atom is -0.487 e. The van der Waals surface area contributed by atoms with E-state index in [4.69, 9.17) is 16.3 Å². The number of hydrogen-bond donors (Lipinski definition) is 1. The van der Waals surface area contributed by atoms with Crippen molar-refractivity contribution in [2.75, 3.05) is 6.54 Å². The van der Waals surface area contributed by atoms with Crippen LogP contribution in [0, 0.1) is 0 Å². The number of para-hydroxylation sites is 1. The Bertz CT molecular complexity index is 510. The second-order valence-corrected chi connectivity index (χ2v) is 4.72. The molecule has 0 aliphatic rings. The Morgan fingerprint density at radius 3 is 2.37 bits per heavy atom. The smallest absolute Gasteiger partial charge is 0.138 e. The second kappa shape index (κ2) is 7.17. The third-order valence-electron chi connectivity index (χ3n) is 2.83. The van der Waals surface area contributed by atoms with Crippen LogP contribution >= 0.6 is 11.6 Å². The van der Waals surface area contributed by atoms with Gasteiger partial charge in [0.15, 0.2) is 0 Å². The molecule has 0 aromatic heterocycles. The molecule has 2 aromatic carbocycles. The summed E-state index contributed by atoms with van der Waals surface area (Å²) in [5, 5.41) is 3.95. The lowest BCUT2D eigenvalue weighted by Crippen LogP contribution is -2.11. The maximum Gasteiger partial charge on any atom is 0.138 e. The fraction of sp³-hybridized carbons (Fsp3) is 0.250. The summed E-state index contributed by atoms with van der Waals surface area (Å²) >= 11 is 6.04. The summed E-state index contributed by atoms with van der Waals surface area (Å²) in [6.45, 7) is 4.52. The Hall–Kier alpha value is -1.51. The van der Waals surface area contributed by atoms with Crippen LogP contribution in [0.4, 0.5) is 0 Å². The lowest BCUT2D eigenvalue weighted by molar-refractivity contribution is 0.306. The van der Waals surface area contributed by atoms with E-state index >= 15 is 0 Å². The maximum atomic E-state index is 6.04. The molecule has 0 amide bonds. The Balaban J connectivity index is 1.91. The van der Waals surface area contributed by atoms with Crippen molar-refractivity contribution in [3.63, 3.8) is 0 Å². The monoisotopic (exact) mass is 275 g/mol. The minimum atomic E-state index is 0.533. The molecule has 100 valence electrons. The summed E-state index contributed by atoms with van der Waals surface area (Å²) in [6.07, 6.45) is 0. The van der Waals surface area contributed by atoms with E-state index in [0.29, 0.717) is 11.6 Å². The van der Waals surface area contributed by atoms with Gasteiger partial charge in [-0.1, -0.05) is 54.9 Å². The molecular weight excluding hydrogens is 258 g/mol. The highest BCUT2D eigenvalue weighted by Gasteiger charge is 2.00. The molecule has 1 N–H and O–H groups in total. The van der Waals surface area contributed by atoms with Gasteiger partial charge in [-0.25, -0.2) is 0 Å². The molecule has 3 heteroatoms. The van der Waals surface area contributed by atoms with Gasteiger partial charge in [-0.15, -0.1) is 0 Å². The van der Waals surface area contributed by atoms with Crippen LogP contribution in [0.2, 0.25) is 5.02 Å². The van der Waals surface area contributed by atoms with E-state index < -0.39 is 0 Å². The Morgan fingerprint density at radius 2 is 1.68 bits per heavy atom. The van der Waals surface area contributed by atoms with Crippen molar-refractivity contribution < 1.29 is 4.74 Å². The second-order valence-electron chi connectivity index (χ2n) is 4.32. The van der Waals surface area contributed by atoms with Crippen LogP contribution in [-0.4, -0.2) is 6.54 Å².